The van der Waals surface area contributed by atoms with Crippen molar-refractivity contribution >= 4 is 60.5 Å². The fraction of sp³-hybridized carbons (Fsp3) is 0.324. The van der Waals surface area contributed by atoms with Crippen molar-refractivity contribution in [1.82, 2.24) is 9.97 Å². The van der Waals surface area contributed by atoms with Crippen molar-refractivity contribution < 1.29 is 8.83 Å². The Hall–Kier alpha value is -4.25. The van der Waals surface area contributed by atoms with Gasteiger partial charge in [0.25, 0.3) is 0 Å². The Morgan fingerprint density at radius 1 is 0.786 bits per heavy atom. The first-order valence-corrected chi connectivity index (χ1v) is 15.4. The summed E-state index contributed by atoms with van der Waals surface area (Å²) in [6, 6.07) is 23.7. The van der Waals surface area contributed by atoms with Crippen molar-refractivity contribution in [2.75, 3.05) is 18.0 Å². The molecule has 0 fully saturated rings. The molecule has 0 unspecified atom stereocenters. The number of furan rings is 1. The zero-order valence-corrected chi connectivity index (χ0v) is 25.3. The van der Waals surface area contributed by atoms with Crippen LogP contribution in [0, 0.1) is 0 Å². The molecule has 4 aromatic carbocycles. The van der Waals surface area contributed by atoms with E-state index in [1.165, 1.54) is 36.9 Å². The zero-order valence-electron chi connectivity index (χ0n) is 25.3. The number of nitrogens with zero attached hydrogens (tertiary/aromatic N) is 2. The Morgan fingerprint density at radius 2 is 1.52 bits per heavy atom. The highest BCUT2D eigenvalue weighted by atomic mass is 16.4. The van der Waals surface area contributed by atoms with Crippen molar-refractivity contribution in [2.24, 2.45) is 0 Å². The third kappa shape index (κ3) is 4.34. The van der Waals surface area contributed by atoms with E-state index in [0.717, 1.165) is 73.5 Å². The predicted molar refractivity (Wildman–Crippen MR) is 177 cm³/mol. The number of anilines is 1. The number of para-hydroxylation sites is 1. The van der Waals surface area contributed by atoms with Crippen LogP contribution < -0.4 is 4.90 Å². The van der Waals surface area contributed by atoms with Gasteiger partial charge in [-0.3, -0.25) is 0 Å². The number of aromatic amines is 1. The van der Waals surface area contributed by atoms with Crippen molar-refractivity contribution in [3.63, 3.8) is 0 Å². The number of rotatable bonds is 8. The number of hydrogen-bond acceptors (Lipinski definition) is 4. The summed E-state index contributed by atoms with van der Waals surface area (Å²) >= 11 is 0. The standard InChI is InChI=1S/C37H39N3O2/c1-6-8-20-40(21-9-7-2)25-18-19-27-29(22-25)41-34-31(27)30-26-12-10-11-13-28(26)38-32(30)35-33(34)39-36(42-35)23-14-16-24(17-15-23)37(3,4)5/h10-19,22,38H,6-9,20-21H2,1-5H3. The average molecular weight is 558 g/mol. The number of unbranched alkanes of at least 4 members (excludes halogenated alkanes) is 2. The molecule has 7 rings (SSSR count). The summed E-state index contributed by atoms with van der Waals surface area (Å²) in [6.45, 7) is 13.3. The first-order chi connectivity index (χ1) is 20.4. The lowest BCUT2D eigenvalue weighted by Gasteiger charge is -2.24. The maximum Gasteiger partial charge on any atom is 0.227 e. The molecule has 3 aromatic heterocycles. The van der Waals surface area contributed by atoms with Gasteiger partial charge >= 0.3 is 0 Å². The van der Waals surface area contributed by atoms with Crippen molar-refractivity contribution in [2.45, 2.75) is 65.7 Å². The van der Waals surface area contributed by atoms with E-state index in [2.05, 4.69) is 111 Å². The Kier molecular flexibility index (Phi) is 6.49. The second-order valence-corrected chi connectivity index (χ2v) is 12.6. The molecule has 0 spiro atoms. The van der Waals surface area contributed by atoms with Crippen LogP contribution in [0.4, 0.5) is 5.69 Å². The van der Waals surface area contributed by atoms with Crippen LogP contribution in [0.3, 0.4) is 0 Å². The quantitative estimate of drug-likeness (QED) is 0.202. The Morgan fingerprint density at radius 3 is 2.24 bits per heavy atom. The molecule has 0 aliphatic carbocycles. The number of hydrogen-bond donors (Lipinski definition) is 1. The molecule has 214 valence electrons. The maximum absolute atomic E-state index is 6.74. The summed E-state index contributed by atoms with van der Waals surface area (Å²) in [5.41, 5.74) is 8.73. The van der Waals surface area contributed by atoms with Crippen molar-refractivity contribution in [1.29, 1.82) is 0 Å². The van der Waals surface area contributed by atoms with E-state index in [1.54, 1.807) is 0 Å². The lowest BCUT2D eigenvalue weighted by Crippen LogP contribution is -2.25. The molecule has 3 heterocycles. The normalized spacial score (nSPS) is 12.5. The van der Waals surface area contributed by atoms with Crippen LogP contribution in [0.5, 0.6) is 0 Å². The van der Waals surface area contributed by atoms with Crippen LogP contribution in [0.25, 0.3) is 66.3 Å². The Balaban J connectivity index is 1.48. The molecule has 5 heteroatoms. The molecular formula is C37H39N3O2. The van der Waals surface area contributed by atoms with Crippen molar-refractivity contribution in [3.8, 4) is 11.5 Å². The highest BCUT2D eigenvalue weighted by molar-refractivity contribution is 6.34. The third-order valence-electron chi connectivity index (χ3n) is 8.63. The second kappa shape index (κ2) is 10.2. The molecule has 0 bridgehead atoms. The van der Waals surface area contributed by atoms with Gasteiger partial charge in [-0.15, -0.1) is 0 Å². The van der Waals surface area contributed by atoms with E-state index < -0.39 is 0 Å². The zero-order chi connectivity index (χ0) is 29.0. The van der Waals surface area contributed by atoms with Gasteiger partial charge in [0, 0.05) is 57.5 Å². The van der Waals surface area contributed by atoms with Gasteiger partial charge in [0.1, 0.15) is 5.58 Å². The van der Waals surface area contributed by atoms with Gasteiger partial charge in [-0.25, -0.2) is 4.98 Å². The highest BCUT2D eigenvalue weighted by Gasteiger charge is 2.24. The van der Waals surface area contributed by atoms with E-state index in [1.807, 2.05) is 0 Å². The minimum Gasteiger partial charge on any atom is -0.454 e. The van der Waals surface area contributed by atoms with Crippen LogP contribution in [0.15, 0.2) is 75.6 Å². The number of fused-ring (bicyclic) bond motifs is 10. The fourth-order valence-electron chi connectivity index (χ4n) is 6.22. The van der Waals surface area contributed by atoms with E-state index in [9.17, 15) is 0 Å². The van der Waals surface area contributed by atoms with E-state index >= 15 is 0 Å². The minimum absolute atomic E-state index is 0.0817. The van der Waals surface area contributed by atoms with Gasteiger partial charge in [-0.2, -0.15) is 0 Å². The SMILES string of the molecule is CCCCN(CCCC)c1ccc2c(c1)oc1c3nc(-c4ccc(C(C)(C)C)cc4)oc3c3[nH]c4ccccc4c3c21. The lowest BCUT2D eigenvalue weighted by atomic mass is 9.87. The molecule has 7 aromatic rings. The van der Waals surface area contributed by atoms with Gasteiger partial charge in [0.15, 0.2) is 16.7 Å². The summed E-state index contributed by atoms with van der Waals surface area (Å²) in [7, 11) is 0. The Bertz CT molecular complexity index is 2040. The summed E-state index contributed by atoms with van der Waals surface area (Å²) in [4.78, 5) is 11.2. The van der Waals surface area contributed by atoms with Gasteiger partial charge < -0.3 is 18.7 Å². The third-order valence-corrected chi connectivity index (χ3v) is 8.63. The molecule has 1 N–H and O–H groups in total. The largest absolute Gasteiger partial charge is 0.454 e. The number of H-pyrrole nitrogens is 1. The second-order valence-electron chi connectivity index (χ2n) is 12.6. The van der Waals surface area contributed by atoms with Crippen LogP contribution in [-0.4, -0.2) is 23.1 Å². The predicted octanol–water partition coefficient (Wildman–Crippen LogP) is 10.7. The number of oxazole rings is 1. The maximum atomic E-state index is 6.74. The van der Waals surface area contributed by atoms with Gasteiger partial charge in [-0.05, 0) is 54.2 Å². The lowest BCUT2D eigenvalue weighted by molar-refractivity contribution is 0.589. The highest BCUT2D eigenvalue weighted by Crippen LogP contribution is 2.45. The molecular weight excluding hydrogens is 518 g/mol. The molecule has 5 nitrogen and oxygen atoms in total. The van der Waals surface area contributed by atoms with E-state index in [-0.39, 0.29) is 5.41 Å². The molecule has 0 saturated heterocycles. The topological polar surface area (TPSA) is 58.2 Å². The molecule has 42 heavy (non-hydrogen) atoms. The number of aromatic nitrogens is 2. The summed E-state index contributed by atoms with van der Waals surface area (Å²) in [5.74, 6) is 0.601. The van der Waals surface area contributed by atoms with Crippen molar-refractivity contribution in [3.05, 3.63) is 72.3 Å². The van der Waals surface area contributed by atoms with Crippen LogP contribution in [0.2, 0.25) is 0 Å². The molecule has 0 atom stereocenters. The van der Waals surface area contributed by atoms with Crippen LogP contribution in [-0.2, 0) is 5.41 Å². The number of nitrogens with one attached hydrogen (secondary N) is 1. The Labute approximate surface area is 246 Å². The molecule has 0 amide bonds. The van der Waals surface area contributed by atoms with Gasteiger partial charge in [0.05, 0.1) is 5.52 Å². The first-order valence-electron chi connectivity index (χ1n) is 15.4. The molecule has 0 aliphatic heterocycles. The summed E-state index contributed by atoms with van der Waals surface area (Å²) in [6.07, 6.45) is 4.72. The molecule has 0 aliphatic rings. The van der Waals surface area contributed by atoms with Gasteiger partial charge in [0.2, 0.25) is 5.89 Å². The fourth-order valence-corrected chi connectivity index (χ4v) is 6.22. The molecule has 0 saturated carbocycles. The summed E-state index contributed by atoms with van der Waals surface area (Å²) in [5, 5.41) is 4.48. The van der Waals surface area contributed by atoms with Crippen LogP contribution >= 0.6 is 0 Å². The van der Waals surface area contributed by atoms with Gasteiger partial charge in [-0.1, -0.05) is 77.8 Å². The summed E-state index contributed by atoms with van der Waals surface area (Å²) < 4.78 is 13.3. The smallest absolute Gasteiger partial charge is 0.227 e. The first kappa shape index (κ1) is 26.6. The molecule has 0 radical (unpaired) electrons. The van der Waals surface area contributed by atoms with E-state index in [0.29, 0.717) is 5.89 Å². The van der Waals surface area contributed by atoms with Crippen LogP contribution in [0.1, 0.15) is 65.9 Å². The number of benzene rings is 4. The monoisotopic (exact) mass is 557 g/mol. The minimum atomic E-state index is 0.0817. The van der Waals surface area contributed by atoms with E-state index in [4.69, 9.17) is 13.8 Å². The average Bonchev–Trinajstić information content (AvgIpc) is 3.70.